The van der Waals surface area contributed by atoms with E-state index in [4.69, 9.17) is 5.73 Å². The lowest BCUT2D eigenvalue weighted by molar-refractivity contribution is 0.103. The van der Waals surface area contributed by atoms with Crippen LogP contribution in [0.5, 0.6) is 0 Å². The maximum atomic E-state index is 12.0. The minimum atomic E-state index is -0.103. The molecular weight excluding hydrogens is 202 g/mol. The van der Waals surface area contributed by atoms with E-state index in [9.17, 15) is 4.79 Å². The second-order valence-corrected chi connectivity index (χ2v) is 3.58. The first-order valence-corrected chi connectivity index (χ1v) is 5.15. The van der Waals surface area contributed by atoms with Gasteiger partial charge in [0.15, 0.2) is 5.78 Å². The molecule has 1 heterocycles. The average molecular weight is 215 g/mol. The second-order valence-electron chi connectivity index (χ2n) is 3.58. The van der Waals surface area contributed by atoms with Gasteiger partial charge in [0.05, 0.1) is 11.8 Å². The number of nitrogen functional groups attached to an aromatic ring is 1. The number of aromatic amines is 1. The fourth-order valence-corrected chi connectivity index (χ4v) is 1.52. The third-order valence-electron chi connectivity index (χ3n) is 2.54. The Bertz CT molecular complexity index is 499. The van der Waals surface area contributed by atoms with Crippen molar-refractivity contribution in [3.05, 3.63) is 47.2 Å². The molecule has 4 nitrogen and oxygen atoms in total. The van der Waals surface area contributed by atoms with Crippen molar-refractivity contribution in [1.82, 2.24) is 10.2 Å². The van der Waals surface area contributed by atoms with Crippen LogP contribution in [0.4, 0.5) is 5.82 Å². The summed E-state index contributed by atoms with van der Waals surface area (Å²) in [5.74, 6) is 0.207. The number of rotatable bonds is 3. The molecule has 82 valence electrons. The number of nitrogens with zero attached hydrogens (tertiary/aromatic N) is 1. The summed E-state index contributed by atoms with van der Waals surface area (Å²) in [4.78, 5) is 12.0. The van der Waals surface area contributed by atoms with E-state index in [1.165, 1.54) is 11.8 Å². The summed E-state index contributed by atoms with van der Waals surface area (Å²) in [6.45, 7) is 2.07. The van der Waals surface area contributed by atoms with Gasteiger partial charge in [-0.05, 0) is 12.0 Å². The molecule has 0 atom stereocenters. The largest absolute Gasteiger partial charge is 0.383 e. The van der Waals surface area contributed by atoms with Crippen molar-refractivity contribution >= 4 is 11.6 Å². The number of nitrogens with one attached hydrogen (secondary N) is 1. The molecule has 0 radical (unpaired) electrons. The third kappa shape index (κ3) is 1.82. The van der Waals surface area contributed by atoms with Crippen LogP contribution in [0.25, 0.3) is 0 Å². The average Bonchev–Trinajstić information content (AvgIpc) is 2.75. The maximum absolute atomic E-state index is 12.0. The highest BCUT2D eigenvalue weighted by Crippen LogP contribution is 2.14. The molecule has 0 unspecified atom stereocenters. The minimum absolute atomic E-state index is 0.103. The molecule has 0 amide bonds. The number of carbonyl (C=O) groups is 1. The summed E-state index contributed by atoms with van der Waals surface area (Å²) in [5.41, 5.74) is 7.85. The lowest BCUT2D eigenvalue weighted by Crippen LogP contribution is -2.03. The first kappa shape index (κ1) is 10.4. The lowest BCUT2D eigenvalue weighted by atomic mass is 10.0. The van der Waals surface area contributed by atoms with Crippen LogP contribution in [0, 0.1) is 0 Å². The number of ketones is 1. The molecule has 1 aromatic heterocycles. The van der Waals surface area contributed by atoms with Crippen LogP contribution in [0.15, 0.2) is 30.5 Å². The molecule has 0 aliphatic rings. The number of aromatic nitrogens is 2. The van der Waals surface area contributed by atoms with Gasteiger partial charge < -0.3 is 5.73 Å². The van der Waals surface area contributed by atoms with Gasteiger partial charge in [-0.3, -0.25) is 9.89 Å². The van der Waals surface area contributed by atoms with Gasteiger partial charge in [0.2, 0.25) is 0 Å². The van der Waals surface area contributed by atoms with Crippen LogP contribution in [0.2, 0.25) is 0 Å². The van der Waals surface area contributed by atoms with Gasteiger partial charge >= 0.3 is 0 Å². The Kier molecular flexibility index (Phi) is 2.72. The van der Waals surface area contributed by atoms with Gasteiger partial charge in [-0.1, -0.05) is 31.2 Å². The molecule has 0 bridgehead atoms. The van der Waals surface area contributed by atoms with Gasteiger partial charge in [-0.2, -0.15) is 5.10 Å². The molecule has 3 N–H and O–H groups in total. The first-order valence-electron chi connectivity index (χ1n) is 5.15. The Hall–Kier alpha value is -2.10. The van der Waals surface area contributed by atoms with E-state index in [1.54, 1.807) is 0 Å². The molecule has 16 heavy (non-hydrogen) atoms. The van der Waals surface area contributed by atoms with Crippen LogP contribution in [-0.2, 0) is 6.42 Å². The Balaban J connectivity index is 2.31. The van der Waals surface area contributed by atoms with Crippen molar-refractivity contribution in [2.24, 2.45) is 0 Å². The highest BCUT2D eigenvalue weighted by Gasteiger charge is 2.13. The summed E-state index contributed by atoms with van der Waals surface area (Å²) in [5, 5.41) is 6.28. The van der Waals surface area contributed by atoms with Crippen LogP contribution in [-0.4, -0.2) is 16.0 Å². The van der Waals surface area contributed by atoms with Crippen molar-refractivity contribution in [1.29, 1.82) is 0 Å². The second kappa shape index (κ2) is 4.18. The summed E-state index contributed by atoms with van der Waals surface area (Å²) >= 11 is 0. The number of hydrogen-bond acceptors (Lipinski definition) is 3. The van der Waals surface area contributed by atoms with E-state index in [0.717, 1.165) is 6.42 Å². The molecule has 2 rings (SSSR count). The van der Waals surface area contributed by atoms with Crippen LogP contribution < -0.4 is 5.73 Å². The predicted molar refractivity (Wildman–Crippen MR) is 62.3 cm³/mol. The van der Waals surface area contributed by atoms with Crippen molar-refractivity contribution in [2.75, 3.05) is 5.73 Å². The Morgan fingerprint density at radius 2 is 2.06 bits per heavy atom. The molecule has 1 aromatic carbocycles. The van der Waals surface area contributed by atoms with Crippen molar-refractivity contribution in [3.8, 4) is 0 Å². The minimum Gasteiger partial charge on any atom is -0.383 e. The molecule has 0 aliphatic carbocycles. The van der Waals surface area contributed by atoms with E-state index in [-0.39, 0.29) is 5.78 Å². The summed E-state index contributed by atoms with van der Waals surface area (Å²) in [6, 6.07) is 7.52. The normalized spacial score (nSPS) is 10.3. The highest BCUT2D eigenvalue weighted by atomic mass is 16.1. The monoisotopic (exact) mass is 215 g/mol. The Morgan fingerprint density at radius 1 is 1.38 bits per heavy atom. The smallest absolute Gasteiger partial charge is 0.198 e. The number of aryl methyl sites for hydroxylation is 1. The SMILES string of the molecule is CCc1ccc(C(=O)c2cn[nH]c2N)cc1. The topological polar surface area (TPSA) is 71.8 Å². The zero-order valence-corrected chi connectivity index (χ0v) is 9.03. The predicted octanol–water partition coefficient (Wildman–Crippen LogP) is 1.79. The fourth-order valence-electron chi connectivity index (χ4n) is 1.52. The molecule has 0 aliphatic heterocycles. The highest BCUT2D eigenvalue weighted by molar-refractivity contribution is 6.11. The number of benzene rings is 1. The van der Waals surface area contributed by atoms with Gasteiger partial charge in [-0.15, -0.1) is 0 Å². The summed E-state index contributed by atoms with van der Waals surface area (Å²) in [7, 11) is 0. The first-order chi connectivity index (χ1) is 7.72. The number of anilines is 1. The Morgan fingerprint density at radius 3 is 2.56 bits per heavy atom. The Labute approximate surface area is 93.5 Å². The van der Waals surface area contributed by atoms with Gasteiger partial charge in [0, 0.05) is 5.56 Å². The van der Waals surface area contributed by atoms with Crippen molar-refractivity contribution in [3.63, 3.8) is 0 Å². The van der Waals surface area contributed by atoms with Gasteiger partial charge in [0.25, 0.3) is 0 Å². The molecule has 0 saturated carbocycles. The van der Waals surface area contributed by atoms with Crippen molar-refractivity contribution < 1.29 is 4.79 Å². The molecular formula is C12H13N3O. The summed E-state index contributed by atoms with van der Waals surface area (Å²) < 4.78 is 0. The number of carbonyl (C=O) groups excluding carboxylic acids is 1. The number of nitrogens with two attached hydrogens (primary N) is 1. The van der Waals surface area contributed by atoms with E-state index in [2.05, 4.69) is 17.1 Å². The van der Waals surface area contributed by atoms with E-state index >= 15 is 0 Å². The third-order valence-corrected chi connectivity index (χ3v) is 2.54. The number of hydrogen-bond donors (Lipinski definition) is 2. The van der Waals surface area contributed by atoms with Gasteiger partial charge in [0.1, 0.15) is 5.82 Å². The quantitative estimate of drug-likeness (QED) is 0.766. The fraction of sp³-hybridized carbons (Fsp3) is 0.167. The van der Waals surface area contributed by atoms with Crippen molar-refractivity contribution in [2.45, 2.75) is 13.3 Å². The lowest BCUT2D eigenvalue weighted by Gasteiger charge is -2.01. The number of H-pyrrole nitrogens is 1. The molecule has 0 spiro atoms. The molecule has 0 fully saturated rings. The standard InChI is InChI=1S/C12H13N3O/c1-2-8-3-5-9(6-4-8)11(16)10-7-14-15-12(10)13/h3-7H,2H2,1H3,(H3,13,14,15). The zero-order chi connectivity index (χ0) is 11.5. The van der Waals surface area contributed by atoms with Crippen LogP contribution >= 0.6 is 0 Å². The molecule has 4 heteroatoms. The van der Waals surface area contributed by atoms with Gasteiger partial charge in [-0.25, -0.2) is 0 Å². The maximum Gasteiger partial charge on any atom is 0.198 e. The molecule has 2 aromatic rings. The zero-order valence-electron chi connectivity index (χ0n) is 9.03. The van der Waals surface area contributed by atoms with E-state index in [1.807, 2.05) is 24.3 Å². The van der Waals surface area contributed by atoms with E-state index < -0.39 is 0 Å². The van der Waals surface area contributed by atoms with Crippen LogP contribution in [0.1, 0.15) is 28.4 Å². The van der Waals surface area contributed by atoms with E-state index in [0.29, 0.717) is 16.9 Å². The summed E-state index contributed by atoms with van der Waals surface area (Å²) in [6.07, 6.45) is 2.41. The molecule has 0 saturated heterocycles. The van der Waals surface area contributed by atoms with Crippen LogP contribution in [0.3, 0.4) is 0 Å².